The van der Waals surface area contributed by atoms with Gasteiger partial charge in [-0.2, -0.15) is 5.10 Å². The second-order valence-electron chi connectivity index (χ2n) is 8.03. The SMILES string of the molecule is CCNC(=O)N(Cc1c(-c2ccccc2)nn(C)c1Oc1ccccc1OC)CC1CC1. The second kappa shape index (κ2) is 9.77. The minimum atomic E-state index is -0.0643. The Morgan fingerprint density at radius 2 is 1.81 bits per heavy atom. The van der Waals surface area contributed by atoms with Crippen LogP contribution in [-0.4, -0.2) is 40.9 Å². The molecule has 2 amide bonds. The lowest BCUT2D eigenvalue weighted by Crippen LogP contribution is -2.40. The highest BCUT2D eigenvalue weighted by atomic mass is 16.5. The van der Waals surface area contributed by atoms with E-state index < -0.39 is 0 Å². The summed E-state index contributed by atoms with van der Waals surface area (Å²) < 4.78 is 13.5. The van der Waals surface area contributed by atoms with Gasteiger partial charge in [0.15, 0.2) is 11.5 Å². The maximum atomic E-state index is 12.9. The first kappa shape index (κ1) is 21.7. The zero-order valence-corrected chi connectivity index (χ0v) is 18.9. The zero-order valence-electron chi connectivity index (χ0n) is 18.9. The molecule has 7 nitrogen and oxygen atoms in total. The predicted molar refractivity (Wildman–Crippen MR) is 124 cm³/mol. The summed E-state index contributed by atoms with van der Waals surface area (Å²) >= 11 is 0. The van der Waals surface area contributed by atoms with Crippen LogP contribution in [0.3, 0.4) is 0 Å². The lowest BCUT2D eigenvalue weighted by Gasteiger charge is -2.23. The van der Waals surface area contributed by atoms with Gasteiger partial charge in [0.2, 0.25) is 5.88 Å². The smallest absolute Gasteiger partial charge is 0.317 e. The van der Waals surface area contributed by atoms with Gasteiger partial charge in [0.25, 0.3) is 0 Å². The fourth-order valence-electron chi connectivity index (χ4n) is 3.74. The molecule has 1 N–H and O–H groups in total. The molecule has 0 aliphatic heterocycles. The third-order valence-corrected chi connectivity index (χ3v) is 5.55. The van der Waals surface area contributed by atoms with Gasteiger partial charge in [-0.25, -0.2) is 9.48 Å². The molecule has 0 unspecified atom stereocenters. The van der Waals surface area contributed by atoms with Crippen molar-refractivity contribution in [2.24, 2.45) is 13.0 Å². The van der Waals surface area contributed by atoms with Crippen molar-refractivity contribution < 1.29 is 14.3 Å². The molecule has 1 heterocycles. The third-order valence-electron chi connectivity index (χ3n) is 5.55. The number of carbonyl (C=O) groups is 1. The van der Waals surface area contributed by atoms with Gasteiger partial charge < -0.3 is 19.7 Å². The van der Waals surface area contributed by atoms with E-state index in [2.05, 4.69) is 5.32 Å². The third kappa shape index (κ3) is 4.88. The van der Waals surface area contributed by atoms with Crippen LogP contribution in [0.4, 0.5) is 4.79 Å². The summed E-state index contributed by atoms with van der Waals surface area (Å²) in [5.41, 5.74) is 2.66. The second-order valence-corrected chi connectivity index (χ2v) is 8.03. The molecule has 0 bridgehead atoms. The Hall–Kier alpha value is -3.48. The van der Waals surface area contributed by atoms with Gasteiger partial charge in [-0.15, -0.1) is 0 Å². The molecule has 0 saturated heterocycles. The van der Waals surface area contributed by atoms with E-state index in [4.69, 9.17) is 14.6 Å². The highest BCUT2D eigenvalue weighted by Crippen LogP contribution is 2.38. The Balaban J connectivity index is 1.75. The average Bonchev–Trinajstić information content (AvgIpc) is 3.59. The van der Waals surface area contributed by atoms with Gasteiger partial charge >= 0.3 is 6.03 Å². The Labute approximate surface area is 188 Å². The van der Waals surface area contributed by atoms with E-state index in [-0.39, 0.29) is 6.03 Å². The van der Waals surface area contributed by atoms with Crippen LogP contribution in [0.2, 0.25) is 0 Å². The van der Waals surface area contributed by atoms with Gasteiger partial charge in [-0.3, -0.25) is 0 Å². The summed E-state index contributed by atoms with van der Waals surface area (Å²) in [7, 11) is 3.48. The average molecular weight is 435 g/mol. The lowest BCUT2D eigenvalue weighted by atomic mass is 10.1. The van der Waals surface area contributed by atoms with E-state index in [1.807, 2.05) is 73.5 Å². The van der Waals surface area contributed by atoms with E-state index in [1.165, 1.54) is 12.8 Å². The van der Waals surface area contributed by atoms with Crippen LogP contribution in [0.5, 0.6) is 17.4 Å². The molecule has 32 heavy (non-hydrogen) atoms. The van der Waals surface area contributed by atoms with E-state index in [0.29, 0.717) is 36.4 Å². The lowest BCUT2D eigenvalue weighted by molar-refractivity contribution is 0.192. The molecule has 4 rings (SSSR count). The molecule has 168 valence electrons. The summed E-state index contributed by atoms with van der Waals surface area (Å²) in [5, 5.41) is 7.73. The minimum Gasteiger partial charge on any atom is -0.493 e. The Bertz CT molecular complexity index is 1060. The summed E-state index contributed by atoms with van der Waals surface area (Å²) in [5.74, 6) is 2.40. The van der Waals surface area contributed by atoms with E-state index in [1.54, 1.807) is 11.8 Å². The van der Waals surface area contributed by atoms with Crippen LogP contribution in [0, 0.1) is 5.92 Å². The predicted octanol–water partition coefficient (Wildman–Crippen LogP) is 4.83. The van der Waals surface area contributed by atoms with E-state index in [0.717, 1.165) is 23.4 Å². The van der Waals surface area contributed by atoms with Crippen molar-refractivity contribution in [3.8, 4) is 28.6 Å². The number of rotatable bonds is 9. The van der Waals surface area contributed by atoms with Crippen molar-refractivity contribution in [1.82, 2.24) is 20.0 Å². The van der Waals surface area contributed by atoms with Gasteiger partial charge in [0.05, 0.1) is 19.2 Å². The number of amides is 2. The number of para-hydroxylation sites is 2. The molecule has 3 aromatic rings. The number of aromatic nitrogens is 2. The highest BCUT2D eigenvalue weighted by Gasteiger charge is 2.30. The monoisotopic (exact) mass is 434 g/mol. The molecule has 7 heteroatoms. The molecule has 1 aliphatic rings. The number of urea groups is 1. The van der Waals surface area contributed by atoms with Crippen molar-refractivity contribution >= 4 is 6.03 Å². The zero-order chi connectivity index (χ0) is 22.5. The molecule has 1 saturated carbocycles. The van der Waals surface area contributed by atoms with Crippen LogP contribution in [0.1, 0.15) is 25.3 Å². The first-order valence-electron chi connectivity index (χ1n) is 11.1. The number of ether oxygens (including phenoxy) is 2. The number of hydrogen-bond acceptors (Lipinski definition) is 4. The van der Waals surface area contributed by atoms with Crippen molar-refractivity contribution in [2.75, 3.05) is 20.2 Å². The van der Waals surface area contributed by atoms with E-state index in [9.17, 15) is 4.79 Å². The number of nitrogens with zero attached hydrogens (tertiary/aromatic N) is 3. The molecule has 1 aromatic heterocycles. The number of hydrogen-bond donors (Lipinski definition) is 1. The van der Waals surface area contributed by atoms with Crippen LogP contribution < -0.4 is 14.8 Å². The molecule has 1 aliphatic carbocycles. The fraction of sp³-hybridized carbons (Fsp3) is 0.360. The molecular formula is C25H30N4O3. The van der Waals surface area contributed by atoms with Gasteiger partial charge in [-0.05, 0) is 37.8 Å². The number of nitrogens with one attached hydrogen (secondary N) is 1. The summed E-state index contributed by atoms with van der Waals surface area (Å²) in [6.07, 6.45) is 2.33. The van der Waals surface area contributed by atoms with E-state index >= 15 is 0 Å². The van der Waals surface area contributed by atoms with Crippen molar-refractivity contribution in [1.29, 1.82) is 0 Å². The first-order chi connectivity index (χ1) is 15.6. The molecular weight excluding hydrogens is 404 g/mol. The van der Waals surface area contributed by atoms with Crippen molar-refractivity contribution in [2.45, 2.75) is 26.3 Å². The van der Waals surface area contributed by atoms with Gasteiger partial charge in [0.1, 0.15) is 5.69 Å². The maximum absolute atomic E-state index is 12.9. The first-order valence-corrected chi connectivity index (χ1v) is 11.1. The largest absolute Gasteiger partial charge is 0.493 e. The quantitative estimate of drug-likeness (QED) is 0.524. The van der Waals surface area contributed by atoms with Crippen LogP contribution in [0.25, 0.3) is 11.3 Å². The molecule has 0 atom stereocenters. The van der Waals surface area contributed by atoms with Crippen molar-refractivity contribution in [3.05, 3.63) is 60.2 Å². The van der Waals surface area contributed by atoms with Crippen LogP contribution in [0.15, 0.2) is 54.6 Å². The summed E-state index contributed by atoms with van der Waals surface area (Å²) in [6, 6.07) is 17.5. The highest BCUT2D eigenvalue weighted by molar-refractivity contribution is 5.75. The minimum absolute atomic E-state index is 0.0643. The number of methoxy groups -OCH3 is 1. The Morgan fingerprint density at radius 1 is 1.12 bits per heavy atom. The summed E-state index contributed by atoms with van der Waals surface area (Å²) in [6.45, 7) is 3.65. The normalized spacial score (nSPS) is 13.0. The molecule has 1 fully saturated rings. The number of aryl methyl sites for hydroxylation is 1. The fourth-order valence-corrected chi connectivity index (χ4v) is 3.74. The number of benzene rings is 2. The van der Waals surface area contributed by atoms with Gasteiger partial charge in [0, 0.05) is 25.7 Å². The number of carbonyl (C=O) groups excluding carboxylic acids is 1. The van der Waals surface area contributed by atoms with Crippen LogP contribution in [-0.2, 0) is 13.6 Å². The van der Waals surface area contributed by atoms with Crippen LogP contribution >= 0.6 is 0 Å². The molecule has 0 spiro atoms. The topological polar surface area (TPSA) is 68.6 Å². The Kier molecular flexibility index (Phi) is 6.63. The standard InChI is InChI=1S/C25H30N4O3/c1-4-26-25(30)29(16-18-14-15-18)17-20-23(19-10-6-5-7-11-19)27-28(2)24(20)32-22-13-9-8-12-21(22)31-3/h5-13,18H,4,14-17H2,1-3H3,(H,26,30). The molecule has 0 radical (unpaired) electrons. The summed E-state index contributed by atoms with van der Waals surface area (Å²) in [4.78, 5) is 14.7. The molecule has 2 aromatic carbocycles. The van der Waals surface area contributed by atoms with Gasteiger partial charge in [-0.1, -0.05) is 42.5 Å². The Morgan fingerprint density at radius 3 is 2.47 bits per heavy atom. The van der Waals surface area contributed by atoms with Crippen molar-refractivity contribution in [3.63, 3.8) is 0 Å². The maximum Gasteiger partial charge on any atom is 0.317 e.